The second-order valence-corrected chi connectivity index (χ2v) is 10.4. The summed E-state index contributed by atoms with van der Waals surface area (Å²) in [5, 5.41) is 4.20. The van der Waals surface area contributed by atoms with Gasteiger partial charge in [-0.3, -0.25) is 0 Å². The van der Waals surface area contributed by atoms with Crippen molar-refractivity contribution in [3.8, 4) is 0 Å². The van der Waals surface area contributed by atoms with Crippen LogP contribution in [0, 0.1) is 19.8 Å². The van der Waals surface area contributed by atoms with E-state index < -0.39 is 0 Å². The van der Waals surface area contributed by atoms with Crippen molar-refractivity contribution in [2.45, 2.75) is 138 Å². The first kappa shape index (κ1) is 40.0. The van der Waals surface area contributed by atoms with E-state index in [0.717, 1.165) is 34.9 Å². The molecule has 0 radical (unpaired) electrons. The lowest BCUT2D eigenvalue weighted by Crippen LogP contribution is -2.09. The number of carbonyl (C=O) groups excluding carboxylic acids is 1. The highest BCUT2D eigenvalue weighted by atomic mass is 32.2. The third kappa shape index (κ3) is 16.8. The van der Waals surface area contributed by atoms with Crippen molar-refractivity contribution in [2.75, 3.05) is 0 Å². The number of hydrogen-bond acceptors (Lipinski definition) is 3. The van der Waals surface area contributed by atoms with Gasteiger partial charge in [0.2, 0.25) is 0 Å². The van der Waals surface area contributed by atoms with Gasteiger partial charge >= 0.3 is 0 Å². The van der Waals surface area contributed by atoms with Crippen LogP contribution in [0.2, 0.25) is 0 Å². The van der Waals surface area contributed by atoms with Crippen LogP contribution in [-0.4, -0.2) is 15.6 Å². The standard InChI is InChI=1S/C16H17FN2S.C9H16O.C6H14.2C2H6/c1-11-7-5-6-8-15(11)12(2)9-13(3)19-14(4)16(20-17)10-18-19;1-8(10)7-9-5-3-2-4-6-9;1-3-5-6-4-2;2*1-2/h5-10H,2H2,1,3-4H3;9H,2-7H2,1H3;3-6H2,1-2H3;2*1-2H3/b13-9-;;;;. The first-order chi connectivity index (χ1) is 19.2. The number of allylic oxidation sites excluding steroid dienone is 3. The molecule has 0 atom stereocenters. The zero-order valence-corrected chi connectivity index (χ0v) is 28.2. The Morgan fingerprint density at radius 1 is 1.02 bits per heavy atom. The average molecular weight is 575 g/mol. The van der Waals surface area contributed by atoms with Gasteiger partial charge in [0.25, 0.3) is 0 Å². The minimum Gasteiger partial charge on any atom is -0.300 e. The van der Waals surface area contributed by atoms with Crippen molar-refractivity contribution in [1.29, 1.82) is 0 Å². The van der Waals surface area contributed by atoms with Gasteiger partial charge in [-0.15, -0.1) is 0 Å². The van der Waals surface area contributed by atoms with Crippen LogP contribution < -0.4 is 0 Å². The lowest BCUT2D eigenvalue weighted by atomic mass is 9.86. The van der Waals surface area contributed by atoms with Crippen LogP contribution in [0.25, 0.3) is 11.3 Å². The summed E-state index contributed by atoms with van der Waals surface area (Å²) in [5.74, 6) is 1.10. The molecular weight excluding hydrogens is 515 g/mol. The van der Waals surface area contributed by atoms with Gasteiger partial charge in [-0.2, -0.15) is 8.98 Å². The van der Waals surface area contributed by atoms with Gasteiger partial charge in [-0.05, 0) is 56.4 Å². The molecule has 1 fully saturated rings. The van der Waals surface area contributed by atoms with E-state index >= 15 is 0 Å². The van der Waals surface area contributed by atoms with Crippen molar-refractivity contribution in [1.82, 2.24) is 9.78 Å². The minimum atomic E-state index is 0.218. The monoisotopic (exact) mass is 574 g/mol. The fraction of sp³-hybridized carbons (Fsp3) is 0.600. The highest BCUT2D eigenvalue weighted by Gasteiger charge is 2.14. The maximum absolute atomic E-state index is 12.7. The molecule has 0 unspecified atom stereocenters. The Kier molecular flexibility index (Phi) is 25.8. The second-order valence-electron chi connectivity index (χ2n) is 9.83. The lowest BCUT2D eigenvalue weighted by Gasteiger charge is -2.19. The fourth-order valence-corrected chi connectivity index (χ4v) is 4.73. The Hall–Kier alpha value is -2.14. The van der Waals surface area contributed by atoms with E-state index in [9.17, 15) is 8.68 Å². The molecule has 40 heavy (non-hydrogen) atoms. The van der Waals surface area contributed by atoms with Crippen LogP contribution in [0.3, 0.4) is 0 Å². The summed E-state index contributed by atoms with van der Waals surface area (Å²) in [6, 6.07) is 8.10. The molecule has 1 saturated carbocycles. The summed E-state index contributed by atoms with van der Waals surface area (Å²) < 4.78 is 14.4. The molecular formula is C35H59FN2OS. The molecule has 1 heterocycles. The molecule has 2 aromatic rings. The molecule has 1 aliphatic rings. The number of aryl methyl sites for hydroxylation is 1. The molecule has 0 N–H and O–H groups in total. The molecule has 0 amide bonds. The van der Waals surface area contributed by atoms with E-state index in [1.165, 1.54) is 69.5 Å². The molecule has 0 bridgehead atoms. The summed E-state index contributed by atoms with van der Waals surface area (Å²) >= 11 is 0.218. The van der Waals surface area contributed by atoms with Crippen LogP contribution in [0.15, 0.2) is 48.0 Å². The third-order valence-corrected chi connectivity index (χ3v) is 7.08. The molecule has 0 saturated heterocycles. The number of rotatable bonds is 9. The molecule has 1 aromatic carbocycles. The van der Waals surface area contributed by atoms with Gasteiger partial charge in [0.1, 0.15) is 5.78 Å². The van der Waals surface area contributed by atoms with Crippen LogP contribution in [0.1, 0.15) is 136 Å². The molecule has 5 heteroatoms. The predicted octanol–water partition coefficient (Wildman–Crippen LogP) is 12.2. The molecule has 1 aromatic heterocycles. The topological polar surface area (TPSA) is 34.9 Å². The van der Waals surface area contributed by atoms with E-state index in [-0.39, 0.29) is 12.1 Å². The van der Waals surface area contributed by atoms with Crippen LogP contribution in [0.5, 0.6) is 0 Å². The van der Waals surface area contributed by atoms with Crippen molar-refractivity contribution >= 4 is 29.2 Å². The Labute approximate surface area is 251 Å². The summed E-state index contributed by atoms with van der Waals surface area (Å²) in [4.78, 5) is 11.3. The van der Waals surface area contributed by atoms with Gasteiger partial charge in [0.15, 0.2) is 0 Å². The fourth-order valence-electron chi connectivity index (χ4n) is 4.45. The third-order valence-electron chi connectivity index (χ3n) is 6.51. The number of nitrogens with zero attached hydrogens (tertiary/aromatic N) is 2. The van der Waals surface area contributed by atoms with Crippen molar-refractivity contribution in [3.63, 3.8) is 0 Å². The number of Topliss-reactive ketones (excluding diaryl/α,β-unsaturated/α-hetero) is 1. The zero-order chi connectivity index (χ0) is 30.9. The molecule has 1 aliphatic carbocycles. The summed E-state index contributed by atoms with van der Waals surface area (Å²) in [7, 11) is 0. The number of hydrogen-bond donors (Lipinski definition) is 0. The smallest absolute Gasteiger partial charge is 0.130 e. The van der Waals surface area contributed by atoms with Gasteiger partial charge in [0, 0.05) is 12.1 Å². The van der Waals surface area contributed by atoms with Gasteiger partial charge in [-0.1, -0.05) is 130 Å². The highest BCUT2D eigenvalue weighted by Crippen LogP contribution is 2.27. The predicted molar refractivity (Wildman–Crippen MR) is 178 cm³/mol. The largest absolute Gasteiger partial charge is 0.300 e. The number of halogens is 1. The number of aromatic nitrogens is 2. The zero-order valence-electron chi connectivity index (χ0n) is 27.4. The molecule has 0 spiro atoms. The maximum Gasteiger partial charge on any atom is 0.130 e. The summed E-state index contributed by atoms with van der Waals surface area (Å²) in [6.07, 6.45) is 16.5. The summed E-state index contributed by atoms with van der Waals surface area (Å²) in [5.41, 5.74) is 4.92. The van der Waals surface area contributed by atoms with Crippen LogP contribution in [-0.2, 0) is 4.79 Å². The number of unbranched alkanes of at least 4 members (excludes halogenated alkanes) is 3. The van der Waals surface area contributed by atoms with E-state index in [0.29, 0.717) is 10.7 Å². The van der Waals surface area contributed by atoms with Gasteiger partial charge in [0.05, 0.1) is 28.9 Å². The normalized spacial score (nSPS) is 12.7. The quantitative estimate of drug-likeness (QED) is 0.221. The van der Waals surface area contributed by atoms with Crippen molar-refractivity contribution in [3.05, 3.63) is 59.9 Å². The van der Waals surface area contributed by atoms with E-state index in [1.807, 2.05) is 65.8 Å². The van der Waals surface area contributed by atoms with Crippen molar-refractivity contribution < 1.29 is 8.68 Å². The molecule has 3 nitrogen and oxygen atoms in total. The first-order valence-electron chi connectivity index (χ1n) is 15.5. The van der Waals surface area contributed by atoms with Crippen LogP contribution in [0.4, 0.5) is 3.89 Å². The lowest BCUT2D eigenvalue weighted by molar-refractivity contribution is -0.118. The Balaban J connectivity index is 0. The Bertz CT molecular complexity index is 954. The Morgan fingerprint density at radius 3 is 2.02 bits per heavy atom. The van der Waals surface area contributed by atoms with Gasteiger partial charge in [-0.25, -0.2) is 4.68 Å². The van der Waals surface area contributed by atoms with Crippen molar-refractivity contribution in [2.24, 2.45) is 5.92 Å². The number of benzene rings is 1. The number of ketones is 1. The van der Waals surface area contributed by atoms with E-state index in [1.54, 1.807) is 11.6 Å². The summed E-state index contributed by atoms with van der Waals surface area (Å²) in [6.45, 7) is 24.1. The molecule has 0 aliphatic heterocycles. The highest BCUT2D eigenvalue weighted by molar-refractivity contribution is 7.94. The Morgan fingerprint density at radius 2 is 1.57 bits per heavy atom. The molecule has 228 valence electrons. The van der Waals surface area contributed by atoms with Crippen LogP contribution >= 0.6 is 12.1 Å². The van der Waals surface area contributed by atoms with E-state index in [2.05, 4.69) is 38.5 Å². The second kappa shape index (κ2) is 25.8. The minimum absolute atomic E-state index is 0.218. The molecule has 3 rings (SSSR count). The maximum atomic E-state index is 12.7. The van der Waals surface area contributed by atoms with Gasteiger partial charge < -0.3 is 4.79 Å². The first-order valence-corrected chi connectivity index (χ1v) is 16.2. The van der Waals surface area contributed by atoms with E-state index in [4.69, 9.17) is 0 Å². The number of carbonyl (C=O) groups is 1. The SMILES string of the molecule is C=C(/C=C(/C)n1ncc(SF)c1C)c1ccccc1C.CC.CC.CC(=O)CC1CCCCC1.CCCCCC. The average Bonchev–Trinajstić information content (AvgIpc) is 3.35.